The molecule has 108 valence electrons. The molecule has 1 amide bonds. The van der Waals surface area contributed by atoms with E-state index in [-0.39, 0.29) is 12.3 Å². The third kappa shape index (κ3) is 4.47. The highest BCUT2D eigenvalue weighted by molar-refractivity contribution is 6.35. The molecule has 0 aliphatic heterocycles. The largest absolute Gasteiger partial charge is 0.356 e. The van der Waals surface area contributed by atoms with Gasteiger partial charge in [-0.15, -0.1) is 12.3 Å². The summed E-state index contributed by atoms with van der Waals surface area (Å²) in [5.74, 6) is 2.53. The second-order valence-corrected chi connectivity index (χ2v) is 5.21. The molecule has 0 atom stereocenters. The van der Waals surface area contributed by atoms with Gasteiger partial charge >= 0.3 is 0 Å². The Hall–Kier alpha value is -2.05. The number of para-hydroxylation sites is 1. The van der Waals surface area contributed by atoms with E-state index >= 15 is 0 Å². The van der Waals surface area contributed by atoms with Crippen LogP contribution in [0.4, 0.5) is 0 Å². The van der Waals surface area contributed by atoms with Crippen LogP contribution < -0.4 is 5.32 Å². The van der Waals surface area contributed by atoms with Crippen LogP contribution >= 0.6 is 11.6 Å². The summed E-state index contributed by atoms with van der Waals surface area (Å²) in [6, 6.07) is 9.38. The van der Waals surface area contributed by atoms with Crippen molar-refractivity contribution in [2.75, 3.05) is 6.54 Å². The van der Waals surface area contributed by atoms with Crippen molar-refractivity contribution >= 4 is 28.4 Å². The maximum absolute atomic E-state index is 11.9. The predicted molar refractivity (Wildman–Crippen MR) is 86.2 cm³/mol. The van der Waals surface area contributed by atoms with Crippen LogP contribution in [0.3, 0.4) is 0 Å². The Morgan fingerprint density at radius 1 is 1.33 bits per heavy atom. The Morgan fingerprint density at radius 3 is 2.95 bits per heavy atom. The molecule has 4 heteroatoms. The van der Waals surface area contributed by atoms with E-state index in [1.807, 2.05) is 24.3 Å². The highest BCUT2D eigenvalue weighted by atomic mass is 35.5. The van der Waals surface area contributed by atoms with Crippen molar-refractivity contribution in [1.82, 2.24) is 10.3 Å². The van der Waals surface area contributed by atoms with Crippen molar-refractivity contribution in [3.8, 4) is 12.3 Å². The van der Waals surface area contributed by atoms with Crippen LogP contribution in [0.25, 0.3) is 10.9 Å². The molecule has 1 N–H and O–H groups in total. The first-order valence-electron chi connectivity index (χ1n) is 6.95. The lowest BCUT2D eigenvalue weighted by atomic mass is 10.1. The highest BCUT2D eigenvalue weighted by Gasteiger charge is 2.08. The molecule has 1 aromatic carbocycles. The number of hydrogen-bond donors (Lipinski definition) is 1. The van der Waals surface area contributed by atoms with Crippen LogP contribution in [0.2, 0.25) is 5.02 Å². The first kappa shape index (κ1) is 15.3. The molecule has 0 saturated heterocycles. The second kappa shape index (κ2) is 7.66. The fourth-order valence-electron chi connectivity index (χ4n) is 2.08. The molecule has 0 unspecified atom stereocenters. The molecular weight excluding hydrogens is 284 g/mol. The number of carbonyl (C=O) groups excluding carboxylic acids is 1. The standard InChI is InChI=1S/C17H17ClN2O/c1-2-3-4-7-10-19-17(21)12-13-11-15(18)14-8-5-6-9-16(14)20-13/h1,5-6,8-9,11H,3-4,7,10,12H2,(H,19,21). The van der Waals surface area contributed by atoms with E-state index in [9.17, 15) is 4.79 Å². The summed E-state index contributed by atoms with van der Waals surface area (Å²) in [4.78, 5) is 16.3. The third-order valence-electron chi connectivity index (χ3n) is 3.13. The van der Waals surface area contributed by atoms with E-state index in [0.29, 0.717) is 17.3 Å². The van der Waals surface area contributed by atoms with Gasteiger partial charge in [0.2, 0.25) is 5.91 Å². The molecule has 2 aromatic rings. The Balaban J connectivity index is 1.94. The fraction of sp³-hybridized carbons (Fsp3) is 0.294. The number of aromatic nitrogens is 1. The molecule has 0 radical (unpaired) electrons. The quantitative estimate of drug-likeness (QED) is 0.656. The number of unbranched alkanes of at least 4 members (excludes halogenated alkanes) is 2. The molecule has 0 aliphatic carbocycles. The lowest BCUT2D eigenvalue weighted by Gasteiger charge is -2.06. The van der Waals surface area contributed by atoms with Gasteiger partial charge in [0, 0.05) is 18.4 Å². The second-order valence-electron chi connectivity index (χ2n) is 4.80. The Kier molecular flexibility index (Phi) is 5.59. The molecule has 1 heterocycles. The summed E-state index contributed by atoms with van der Waals surface area (Å²) in [5.41, 5.74) is 1.49. The maximum atomic E-state index is 11.9. The van der Waals surface area contributed by atoms with E-state index in [2.05, 4.69) is 16.2 Å². The zero-order chi connectivity index (χ0) is 15.1. The third-order valence-corrected chi connectivity index (χ3v) is 3.44. The maximum Gasteiger partial charge on any atom is 0.226 e. The van der Waals surface area contributed by atoms with E-state index in [4.69, 9.17) is 18.0 Å². The Bertz CT molecular complexity index is 676. The van der Waals surface area contributed by atoms with Crippen LogP contribution in [0.15, 0.2) is 30.3 Å². The summed E-state index contributed by atoms with van der Waals surface area (Å²) >= 11 is 6.22. The van der Waals surface area contributed by atoms with Crippen LogP contribution in [0, 0.1) is 12.3 Å². The lowest BCUT2D eigenvalue weighted by Crippen LogP contribution is -2.26. The van der Waals surface area contributed by atoms with Gasteiger partial charge in [0.25, 0.3) is 0 Å². The highest BCUT2D eigenvalue weighted by Crippen LogP contribution is 2.22. The van der Waals surface area contributed by atoms with E-state index in [0.717, 1.165) is 30.2 Å². The van der Waals surface area contributed by atoms with Gasteiger partial charge in [-0.2, -0.15) is 0 Å². The number of halogens is 1. The molecule has 0 aliphatic rings. The summed E-state index contributed by atoms with van der Waals surface area (Å²) in [6.45, 7) is 0.641. The van der Waals surface area contributed by atoms with Gasteiger partial charge in [-0.05, 0) is 25.0 Å². The lowest BCUT2D eigenvalue weighted by molar-refractivity contribution is -0.120. The molecule has 1 aromatic heterocycles. The molecule has 0 saturated carbocycles. The Labute approximate surface area is 129 Å². The van der Waals surface area contributed by atoms with Crippen LogP contribution in [-0.4, -0.2) is 17.4 Å². The van der Waals surface area contributed by atoms with E-state index in [1.54, 1.807) is 6.07 Å². The number of nitrogens with zero attached hydrogens (tertiary/aromatic N) is 1. The minimum atomic E-state index is -0.0467. The number of terminal acetylenes is 1. The van der Waals surface area contributed by atoms with Crippen molar-refractivity contribution < 1.29 is 4.79 Å². The molecule has 21 heavy (non-hydrogen) atoms. The number of benzene rings is 1. The van der Waals surface area contributed by atoms with Gasteiger partial charge in [-0.1, -0.05) is 29.8 Å². The molecule has 0 fully saturated rings. The number of hydrogen-bond acceptors (Lipinski definition) is 2. The molecule has 0 bridgehead atoms. The van der Waals surface area contributed by atoms with Gasteiger partial charge < -0.3 is 5.32 Å². The van der Waals surface area contributed by atoms with E-state index < -0.39 is 0 Å². The number of rotatable bonds is 6. The number of amides is 1. The molecular formula is C17H17ClN2O. The first-order valence-corrected chi connectivity index (χ1v) is 7.33. The average Bonchev–Trinajstić information content (AvgIpc) is 2.47. The summed E-state index contributed by atoms with van der Waals surface area (Å²) in [5, 5.41) is 4.39. The van der Waals surface area contributed by atoms with Crippen molar-refractivity contribution in [2.45, 2.75) is 25.7 Å². The normalized spacial score (nSPS) is 10.3. The summed E-state index contributed by atoms with van der Waals surface area (Å²) < 4.78 is 0. The fourth-order valence-corrected chi connectivity index (χ4v) is 2.37. The monoisotopic (exact) mass is 300 g/mol. The van der Waals surface area contributed by atoms with Gasteiger partial charge in [0.1, 0.15) is 0 Å². The summed E-state index contributed by atoms with van der Waals surface area (Å²) in [6.07, 6.45) is 7.98. The molecule has 3 nitrogen and oxygen atoms in total. The molecule has 0 spiro atoms. The topological polar surface area (TPSA) is 42.0 Å². The van der Waals surface area contributed by atoms with Gasteiger partial charge in [-0.3, -0.25) is 9.78 Å². The van der Waals surface area contributed by atoms with Gasteiger partial charge in [0.05, 0.1) is 22.7 Å². The average molecular weight is 301 g/mol. The molecule has 2 rings (SSSR count). The number of pyridine rings is 1. The minimum Gasteiger partial charge on any atom is -0.356 e. The van der Waals surface area contributed by atoms with Crippen LogP contribution in [-0.2, 0) is 11.2 Å². The predicted octanol–water partition coefficient (Wildman–Crippen LogP) is 3.35. The zero-order valence-electron chi connectivity index (χ0n) is 11.7. The van der Waals surface area contributed by atoms with Crippen molar-refractivity contribution in [3.05, 3.63) is 41.0 Å². The Morgan fingerprint density at radius 2 is 2.14 bits per heavy atom. The van der Waals surface area contributed by atoms with Crippen molar-refractivity contribution in [2.24, 2.45) is 0 Å². The zero-order valence-corrected chi connectivity index (χ0v) is 12.5. The minimum absolute atomic E-state index is 0.0467. The van der Waals surface area contributed by atoms with Crippen LogP contribution in [0.1, 0.15) is 25.0 Å². The SMILES string of the molecule is C#CCCCCNC(=O)Cc1cc(Cl)c2ccccc2n1. The van der Waals surface area contributed by atoms with E-state index in [1.165, 1.54) is 0 Å². The van der Waals surface area contributed by atoms with Gasteiger partial charge in [-0.25, -0.2) is 0 Å². The summed E-state index contributed by atoms with van der Waals surface area (Å²) in [7, 11) is 0. The van der Waals surface area contributed by atoms with Crippen molar-refractivity contribution in [1.29, 1.82) is 0 Å². The first-order chi connectivity index (χ1) is 10.2. The smallest absolute Gasteiger partial charge is 0.226 e. The van der Waals surface area contributed by atoms with Crippen LogP contribution in [0.5, 0.6) is 0 Å². The van der Waals surface area contributed by atoms with Crippen molar-refractivity contribution in [3.63, 3.8) is 0 Å². The number of nitrogens with one attached hydrogen (secondary N) is 1. The number of fused-ring (bicyclic) bond motifs is 1. The van der Waals surface area contributed by atoms with Gasteiger partial charge in [0.15, 0.2) is 0 Å². The number of carbonyl (C=O) groups is 1.